The fourth-order valence-electron chi connectivity index (χ4n) is 2.04. The first-order valence-corrected chi connectivity index (χ1v) is 9.49. The molecule has 0 spiro atoms. The lowest BCUT2D eigenvalue weighted by atomic mass is 10.2. The molecule has 4 nitrogen and oxygen atoms in total. The van der Waals surface area contributed by atoms with E-state index in [1.54, 1.807) is 29.5 Å². The van der Waals surface area contributed by atoms with Crippen molar-refractivity contribution in [3.8, 4) is 0 Å². The Bertz CT molecular complexity index is 741. The number of benzene rings is 1. The zero-order chi connectivity index (χ0) is 15.6. The first kappa shape index (κ1) is 16.1. The summed E-state index contributed by atoms with van der Waals surface area (Å²) < 4.78 is 25.0. The summed E-state index contributed by atoms with van der Waals surface area (Å²) in [6, 6.07) is 7.17. The third-order valence-electron chi connectivity index (χ3n) is 2.94. The van der Waals surface area contributed by atoms with Crippen molar-refractivity contribution in [2.75, 3.05) is 16.3 Å². The molecule has 1 atom stereocenters. The predicted octanol–water partition coefficient (Wildman–Crippen LogP) is 4.25. The van der Waals surface area contributed by atoms with Crippen LogP contribution in [0.4, 0.5) is 11.4 Å². The van der Waals surface area contributed by atoms with Crippen LogP contribution in [0.2, 0.25) is 5.02 Å². The lowest BCUT2D eigenvalue weighted by molar-refractivity contribution is 0.607. The summed E-state index contributed by atoms with van der Waals surface area (Å²) in [5.41, 5.74) is 2.41. The third kappa shape index (κ3) is 4.36. The molecular formula is C14H17ClN2O2S2. The molecule has 0 saturated heterocycles. The fraction of sp³-hybridized carbons (Fsp3) is 0.286. The molecule has 21 heavy (non-hydrogen) atoms. The van der Waals surface area contributed by atoms with Gasteiger partial charge in [-0.1, -0.05) is 11.6 Å². The molecular weight excluding hydrogens is 328 g/mol. The number of halogens is 1. The number of nitrogens with one attached hydrogen (secondary N) is 2. The smallest absolute Gasteiger partial charge is 0.229 e. The number of aryl methyl sites for hydroxylation is 1. The molecule has 2 rings (SSSR count). The minimum absolute atomic E-state index is 0.0935. The first-order chi connectivity index (χ1) is 9.76. The number of thiophene rings is 1. The number of rotatable bonds is 5. The Morgan fingerprint density at radius 3 is 2.57 bits per heavy atom. The van der Waals surface area contributed by atoms with Crippen molar-refractivity contribution in [2.24, 2.45) is 0 Å². The van der Waals surface area contributed by atoms with Crippen LogP contribution in [-0.4, -0.2) is 14.7 Å². The Hall–Kier alpha value is -1.24. The van der Waals surface area contributed by atoms with Gasteiger partial charge < -0.3 is 5.32 Å². The molecule has 2 N–H and O–H groups in total. The van der Waals surface area contributed by atoms with Crippen LogP contribution in [0.5, 0.6) is 0 Å². The van der Waals surface area contributed by atoms with E-state index in [-0.39, 0.29) is 6.04 Å². The van der Waals surface area contributed by atoms with Gasteiger partial charge >= 0.3 is 0 Å². The van der Waals surface area contributed by atoms with E-state index in [0.29, 0.717) is 16.4 Å². The van der Waals surface area contributed by atoms with Crippen LogP contribution in [0.3, 0.4) is 0 Å². The highest BCUT2D eigenvalue weighted by Crippen LogP contribution is 2.32. The summed E-state index contributed by atoms with van der Waals surface area (Å²) in [7, 11) is -3.30. The van der Waals surface area contributed by atoms with Gasteiger partial charge in [0.1, 0.15) is 0 Å². The van der Waals surface area contributed by atoms with Crippen molar-refractivity contribution in [3.63, 3.8) is 0 Å². The summed E-state index contributed by atoms with van der Waals surface area (Å²) in [6.45, 7) is 4.11. The van der Waals surface area contributed by atoms with Gasteiger partial charge in [0.15, 0.2) is 0 Å². The lowest BCUT2D eigenvalue weighted by Crippen LogP contribution is -2.11. The molecule has 0 saturated carbocycles. The molecule has 114 valence electrons. The molecule has 0 radical (unpaired) electrons. The second kappa shape index (κ2) is 6.25. The van der Waals surface area contributed by atoms with Gasteiger partial charge in [0.05, 0.1) is 28.7 Å². The Morgan fingerprint density at radius 1 is 1.29 bits per heavy atom. The second-order valence-corrected chi connectivity index (χ2v) is 8.01. The van der Waals surface area contributed by atoms with Crippen LogP contribution in [0.1, 0.15) is 23.4 Å². The largest absolute Gasteiger partial charge is 0.376 e. The highest BCUT2D eigenvalue weighted by Gasteiger charge is 2.12. The SMILES string of the molecule is Cc1ccsc1C(C)Nc1cc(NS(C)(=O)=O)ccc1Cl. The maximum absolute atomic E-state index is 11.3. The Morgan fingerprint density at radius 2 is 2.00 bits per heavy atom. The van der Waals surface area contributed by atoms with Gasteiger partial charge in [0.25, 0.3) is 0 Å². The number of anilines is 2. The van der Waals surface area contributed by atoms with Gasteiger partial charge in [-0.05, 0) is 49.1 Å². The maximum Gasteiger partial charge on any atom is 0.229 e. The average Bonchev–Trinajstić information content (AvgIpc) is 2.78. The highest BCUT2D eigenvalue weighted by atomic mass is 35.5. The van der Waals surface area contributed by atoms with Gasteiger partial charge in [0, 0.05) is 4.88 Å². The van der Waals surface area contributed by atoms with Crippen molar-refractivity contribution in [3.05, 3.63) is 45.1 Å². The molecule has 1 heterocycles. The van der Waals surface area contributed by atoms with Gasteiger partial charge in [-0.3, -0.25) is 4.72 Å². The fourth-order valence-corrected chi connectivity index (χ4v) is 3.70. The monoisotopic (exact) mass is 344 g/mol. The van der Waals surface area contributed by atoms with Crippen LogP contribution < -0.4 is 10.0 Å². The van der Waals surface area contributed by atoms with Gasteiger partial charge in [-0.15, -0.1) is 11.3 Å². The van der Waals surface area contributed by atoms with E-state index in [0.717, 1.165) is 6.26 Å². The minimum Gasteiger partial charge on any atom is -0.376 e. The summed E-state index contributed by atoms with van der Waals surface area (Å²) in [5, 5.41) is 5.92. The summed E-state index contributed by atoms with van der Waals surface area (Å²) in [6.07, 6.45) is 1.12. The van der Waals surface area contributed by atoms with Crippen molar-refractivity contribution < 1.29 is 8.42 Å². The van der Waals surface area contributed by atoms with E-state index in [9.17, 15) is 8.42 Å². The molecule has 0 bridgehead atoms. The summed E-state index contributed by atoms with van der Waals surface area (Å²) in [5.74, 6) is 0. The van der Waals surface area contributed by atoms with E-state index < -0.39 is 10.0 Å². The topological polar surface area (TPSA) is 58.2 Å². The van der Waals surface area contributed by atoms with E-state index >= 15 is 0 Å². The molecule has 0 aliphatic rings. The van der Waals surface area contributed by atoms with Gasteiger partial charge in [-0.25, -0.2) is 8.42 Å². The zero-order valence-corrected chi connectivity index (χ0v) is 14.4. The molecule has 0 aliphatic carbocycles. The highest BCUT2D eigenvalue weighted by molar-refractivity contribution is 7.92. The zero-order valence-electron chi connectivity index (χ0n) is 12.0. The van der Waals surface area contributed by atoms with Crippen LogP contribution in [0, 0.1) is 6.92 Å². The van der Waals surface area contributed by atoms with E-state index in [1.807, 2.05) is 12.3 Å². The van der Waals surface area contributed by atoms with Crippen LogP contribution in [-0.2, 0) is 10.0 Å². The van der Waals surface area contributed by atoms with E-state index in [1.165, 1.54) is 10.4 Å². The molecule has 0 fully saturated rings. The number of hydrogen-bond acceptors (Lipinski definition) is 4. The second-order valence-electron chi connectivity index (χ2n) is 4.90. The Kier molecular flexibility index (Phi) is 4.81. The third-order valence-corrected chi connectivity index (χ3v) is 5.07. The number of sulfonamides is 1. The van der Waals surface area contributed by atoms with Crippen molar-refractivity contribution in [2.45, 2.75) is 19.9 Å². The minimum atomic E-state index is -3.30. The van der Waals surface area contributed by atoms with Crippen LogP contribution >= 0.6 is 22.9 Å². The number of hydrogen-bond donors (Lipinski definition) is 2. The molecule has 1 aromatic carbocycles. The molecule has 0 amide bonds. The maximum atomic E-state index is 11.3. The Balaban J connectivity index is 2.23. The van der Waals surface area contributed by atoms with E-state index in [2.05, 4.69) is 23.0 Å². The first-order valence-electron chi connectivity index (χ1n) is 6.34. The van der Waals surface area contributed by atoms with E-state index in [4.69, 9.17) is 11.6 Å². The lowest BCUT2D eigenvalue weighted by Gasteiger charge is -2.17. The van der Waals surface area contributed by atoms with Crippen LogP contribution in [0.25, 0.3) is 0 Å². The molecule has 7 heteroatoms. The molecule has 1 aromatic heterocycles. The quantitative estimate of drug-likeness (QED) is 0.852. The Labute approximate surface area is 134 Å². The molecule has 0 aliphatic heterocycles. The van der Waals surface area contributed by atoms with Crippen molar-refractivity contribution >= 4 is 44.3 Å². The van der Waals surface area contributed by atoms with Gasteiger partial charge in [0.2, 0.25) is 10.0 Å². The standard InChI is InChI=1S/C14H17ClN2O2S2/c1-9-6-7-20-14(9)10(2)16-13-8-11(4-5-12(13)15)17-21(3,18)19/h4-8,10,16-17H,1-3H3. The molecule has 1 unspecified atom stereocenters. The van der Waals surface area contributed by atoms with Crippen molar-refractivity contribution in [1.82, 2.24) is 0 Å². The average molecular weight is 345 g/mol. The van der Waals surface area contributed by atoms with Crippen molar-refractivity contribution in [1.29, 1.82) is 0 Å². The summed E-state index contributed by atoms with van der Waals surface area (Å²) in [4.78, 5) is 1.23. The normalized spacial score (nSPS) is 13.0. The summed E-state index contributed by atoms with van der Waals surface area (Å²) >= 11 is 7.86. The molecule has 2 aromatic rings. The predicted molar refractivity (Wildman–Crippen MR) is 91.0 cm³/mol. The van der Waals surface area contributed by atoms with Gasteiger partial charge in [-0.2, -0.15) is 0 Å². The van der Waals surface area contributed by atoms with Crippen LogP contribution in [0.15, 0.2) is 29.6 Å².